The van der Waals surface area contributed by atoms with E-state index in [1.165, 1.54) is 0 Å². The van der Waals surface area contributed by atoms with Crippen molar-refractivity contribution in [3.05, 3.63) is 53.6 Å². The zero-order valence-electron chi connectivity index (χ0n) is 15.9. The first kappa shape index (κ1) is 20.0. The third-order valence-corrected chi connectivity index (χ3v) is 4.86. The molecule has 1 heterocycles. The van der Waals surface area contributed by atoms with Crippen LogP contribution in [-0.2, 0) is 9.59 Å². The van der Waals surface area contributed by atoms with E-state index < -0.39 is 12.1 Å². The van der Waals surface area contributed by atoms with Gasteiger partial charge in [-0.05, 0) is 49.7 Å². The Morgan fingerprint density at radius 1 is 1.21 bits per heavy atom. The van der Waals surface area contributed by atoms with Crippen molar-refractivity contribution in [2.24, 2.45) is 0 Å². The van der Waals surface area contributed by atoms with E-state index in [1.54, 1.807) is 24.3 Å². The topological polar surface area (TPSA) is 70.7 Å². The zero-order chi connectivity index (χ0) is 20.1. The molecule has 0 unspecified atom stereocenters. The first-order valence-corrected chi connectivity index (χ1v) is 9.74. The third-order valence-electron chi connectivity index (χ3n) is 4.61. The number of benzene rings is 2. The second kappa shape index (κ2) is 8.97. The highest BCUT2D eigenvalue weighted by Crippen LogP contribution is 2.34. The minimum absolute atomic E-state index is 0.174. The zero-order valence-corrected chi connectivity index (χ0v) is 16.7. The highest BCUT2D eigenvalue weighted by Gasteiger charge is 2.34. The number of hydrogen-bond donors (Lipinski definition) is 2. The molecule has 0 fully saturated rings. The van der Waals surface area contributed by atoms with Gasteiger partial charge < -0.3 is 20.3 Å². The predicted molar refractivity (Wildman–Crippen MR) is 111 cm³/mol. The van der Waals surface area contributed by atoms with Crippen LogP contribution in [0.5, 0.6) is 5.75 Å². The van der Waals surface area contributed by atoms with Crippen molar-refractivity contribution in [2.45, 2.75) is 32.4 Å². The minimum atomic E-state index is -0.674. The number of amides is 2. The third kappa shape index (κ3) is 4.57. The minimum Gasteiger partial charge on any atom is -0.477 e. The molecule has 2 aromatic rings. The van der Waals surface area contributed by atoms with E-state index in [-0.39, 0.29) is 11.8 Å². The van der Waals surface area contributed by atoms with Crippen LogP contribution in [0.2, 0.25) is 5.02 Å². The second-order valence-corrected chi connectivity index (χ2v) is 7.13. The van der Waals surface area contributed by atoms with Gasteiger partial charge in [0, 0.05) is 17.3 Å². The van der Waals surface area contributed by atoms with Crippen LogP contribution in [0.4, 0.5) is 11.4 Å². The van der Waals surface area contributed by atoms with Crippen LogP contribution >= 0.6 is 11.6 Å². The summed E-state index contributed by atoms with van der Waals surface area (Å²) in [5, 5.41) is 6.36. The van der Waals surface area contributed by atoms with Crippen LogP contribution in [0.3, 0.4) is 0 Å². The Kier molecular flexibility index (Phi) is 6.41. The maximum atomic E-state index is 12.8. The van der Waals surface area contributed by atoms with Gasteiger partial charge in [-0.25, -0.2) is 0 Å². The summed E-state index contributed by atoms with van der Waals surface area (Å²) in [5.41, 5.74) is 1.46. The molecule has 2 aromatic carbocycles. The monoisotopic (exact) mass is 401 g/mol. The second-order valence-electron chi connectivity index (χ2n) is 6.69. The number of halogens is 1. The summed E-state index contributed by atoms with van der Waals surface area (Å²) in [5.74, 6) is 0.245. The maximum Gasteiger partial charge on any atom is 0.262 e. The quantitative estimate of drug-likeness (QED) is 0.777. The van der Waals surface area contributed by atoms with Crippen LogP contribution in [-0.4, -0.2) is 37.0 Å². The lowest BCUT2D eigenvalue weighted by molar-refractivity contribution is -0.128. The molecule has 3 rings (SSSR count). The Morgan fingerprint density at radius 3 is 2.64 bits per heavy atom. The molecule has 7 heteroatoms. The number of anilines is 2. The predicted octanol–water partition coefficient (Wildman–Crippen LogP) is 3.46. The highest BCUT2D eigenvalue weighted by atomic mass is 35.5. The number of carbonyl (C=O) groups is 2. The number of fused-ring (bicyclic) bond motifs is 1. The molecule has 0 saturated heterocycles. The van der Waals surface area contributed by atoms with Gasteiger partial charge in [-0.3, -0.25) is 9.59 Å². The number of hydrogen-bond acceptors (Lipinski definition) is 4. The van der Waals surface area contributed by atoms with Crippen LogP contribution < -0.4 is 20.3 Å². The molecular formula is C21H24ClN3O3. The summed E-state index contributed by atoms with van der Waals surface area (Å²) in [7, 11) is 0. The molecule has 0 spiro atoms. The van der Waals surface area contributed by atoms with Gasteiger partial charge in [0.1, 0.15) is 11.8 Å². The summed E-state index contributed by atoms with van der Waals surface area (Å²) in [6.07, 6.45) is 0.172. The van der Waals surface area contributed by atoms with Gasteiger partial charge >= 0.3 is 0 Å². The van der Waals surface area contributed by atoms with E-state index in [9.17, 15) is 9.59 Å². The van der Waals surface area contributed by atoms with Crippen LogP contribution in [0.25, 0.3) is 0 Å². The molecule has 2 N–H and O–H groups in total. The first-order valence-electron chi connectivity index (χ1n) is 9.36. The number of para-hydroxylation sites is 2. The normalized spacial score (nSPS) is 16.5. The van der Waals surface area contributed by atoms with Crippen LogP contribution in [0.15, 0.2) is 48.5 Å². The lowest BCUT2D eigenvalue weighted by atomic mass is 10.1. The number of ether oxygens (including phenoxy) is 1. The number of nitrogens with zero attached hydrogens (tertiary/aromatic N) is 1. The van der Waals surface area contributed by atoms with Crippen LogP contribution in [0.1, 0.15) is 20.3 Å². The molecule has 0 radical (unpaired) electrons. The fourth-order valence-electron chi connectivity index (χ4n) is 3.05. The SMILES string of the molecule is CCCNC(=O)[C@@H]1CN([C@@H](C)C(=O)Nc2ccc(Cl)cc2)c2ccccc2O1. The Balaban J connectivity index is 1.78. The molecule has 2 amide bonds. The van der Waals surface area contributed by atoms with Crippen molar-refractivity contribution in [2.75, 3.05) is 23.3 Å². The smallest absolute Gasteiger partial charge is 0.262 e. The largest absolute Gasteiger partial charge is 0.477 e. The lowest BCUT2D eigenvalue weighted by Gasteiger charge is -2.38. The number of nitrogens with one attached hydrogen (secondary N) is 2. The summed E-state index contributed by atoms with van der Waals surface area (Å²) in [6, 6.07) is 13.9. The van der Waals surface area contributed by atoms with Gasteiger partial charge in [0.2, 0.25) is 5.91 Å². The molecule has 2 atom stereocenters. The molecule has 0 bridgehead atoms. The van der Waals surface area contributed by atoms with E-state index in [0.717, 1.165) is 12.1 Å². The van der Waals surface area contributed by atoms with E-state index in [0.29, 0.717) is 29.5 Å². The van der Waals surface area contributed by atoms with Crippen molar-refractivity contribution in [3.8, 4) is 5.75 Å². The number of rotatable bonds is 6. The molecule has 1 aliphatic heterocycles. The van der Waals surface area contributed by atoms with Gasteiger partial charge in [0.05, 0.1) is 12.2 Å². The first-order chi connectivity index (χ1) is 13.5. The molecule has 148 valence electrons. The van der Waals surface area contributed by atoms with Crippen molar-refractivity contribution in [1.82, 2.24) is 5.32 Å². The maximum absolute atomic E-state index is 12.8. The van der Waals surface area contributed by atoms with Gasteiger partial charge in [-0.2, -0.15) is 0 Å². The Labute approximate surface area is 169 Å². The van der Waals surface area contributed by atoms with Crippen molar-refractivity contribution >= 4 is 34.8 Å². The standard InChI is InChI=1S/C21H24ClN3O3/c1-3-12-23-21(27)19-13-25(17-6-4-5-7-18(17)28-19)14(2)20(26)24-16-10-8-15(22)9-11-16/h4-11,14,19H,3,12-13H2,1-2H3,(H,23,27)(H,24,26)/t14-,19-/m0/s1. The van der Waals surface area contributed by atoms with E-state index in [2.05, 4.69) is 10.6 Å². The Hall–Kier alpha value is -2.73. The molecule has 0 aliphatic carbocycles. The fourth-order valence-corrected chi connectivity index (χ4v) is 3.17. The summed E-state index contributed by atoms with van der Waals surface area (Å²) >= 11 is 5.90. The van der Waals surface area contributed by atoms with Gasteiger partial charge in [0.15, 0.2) is 6.10 Å². The van der Waals surface area contributed by atoms with Gasteiger partial charge in [-0.1, -0.05) is 30.7 Å². The molecule has 0 aromatic heterocycles. The van der Waals surface area contributed by atoms with Crippen molar-refractivity contribution < 1.29 is 14.3 Å². The highest BCUT2D eigenvalue weighted by molar-refractivity contribution is 6.30. The van der Waals surface area contributed by atoms with E-state index in [1.807, 2.05) is 43.0 Å². The van der Waals surface area contributed by atoms with E-state index >= 15 is 0 Å². The average molecular weight is 402 g/mol. The Morgan fingerprint density at radius 2 is 1.93 bits per heavy atom. The molecule has 6 nitrogen and oxygen atoms in total. The Bertz CT molecular complexity index is 841. The summed E-state index contributed by atoms with van der Waals surface area (Å²) in [4.78, 5) is 27.2. The molecular weight excluding hydrogens is 378 g/mol. The molecule has 28 heavy (non-hydrogen) atoms. The van der Waals surface area contributed by atoms with E-state index in [4.69, 9.17) is 16.3 Å². The lowest BCUT2D eigenvalue weighted by Crippen LogP contribution is -2.54. The average Bonchev–Trinajstić information content (AvgIpc) is 2.72. The van der Waals surface area contributed by atoms with Crippen LogP contribution in [0, 0.1) is 0 Å². The van der Waals surface area contributed by atoms with Gasteiger partial charge in [0.25, 0.3) is 5.91 Å². The fraction of sp³-hybridized carbons (Fsp3) is 0.333. The number of carbonyl (C=O) groups excluding carboxylic acids is 2. The van der Waals surface area contributed by atoms with Crippen molar-refractivity contribution in [1.29, 1.82) is 0 Å². The molecule has 1 aliphatic rings. The van der Waals surface area contributed by atoms with Gasteiger partial charge in [-0.15, -0.1) is 0 Å². The molecule has 0 saturated carbocycles. The summed E-state index contributed by atoms with van der Waals surface area (Å²) in [6.45, 7) is 4.69. The van der Waals surface area contributed by atoms with Crippen molar-refractivity contribution in [3.63, 3.8) is 0 Å². The summed E-state index contributed by atoms with van der Waals surface area (Å²) < 4.78 is 5.88.